The molecule has 1 aromatic heterocycles. The van der Waals surface area contributed by atoms with Gasteiger partial charge in [-0.3, -0.25) is 9.48 Å². The molecule has 156 valence electrons. The number of carbonyl (C=O) groups is 1. The van der Waals surface area contributed by atoms with E-state index < -0.39 is 0 Å². The van der Waals surface area contributed by atoms with Gasteiger partial charge in [0.25, 0.3) is 0 Å². The van der Waals surface area contributed by atoms with Crippen LogP contribution in [0.3, 0.4) is 0 Å². The van der Waals surface area contributed by atoms with Crippen LogP contribution in [0.15, 0.2) is 0 Å². The van der Waals surface area contributed by atoms with Crippen molar-refractivity contribution >= 4 is 30.7 Å². The van der Waals surface area contributed by atoms with Crippen molar-refractivity contribution in [3.05, 3.63) is 17.0 Å². The molecular formula is C19H34Cl2N4O2. The molecule has 2 aliphatic rings. The Hall–Kier alpha value is -0.820. The van der Waals surface area contributed by atoms with E-state index in [0.717, 1.165) is 29.9 Å². The van der Waals surface area contributed by atoms with Crippen LogP contribution >= 0.6 is 24.8 Å². The summed E-state index contributed by atoms with van der Waals surface area (Å²) in [6.07, 6.45) is 6.11. The molecule has 1 aromatic rings. The van der Waals surface area contributed by atoms with Crippen molar-refractivity contribution in [3.63, 3.8) is 0 Å². The number of nitrogens with zero attached hydrogens (tertiary/aromatic N) is 3. The van der Waals surface area contributed by atoms with Crippen LogP contribution in [0.5, 0.6) is 0 Å². The van der Waals surface area contributed by atoms with Crippen molar-refractivity contribution in [1.29, 1.82) is 0 Å². The molecule has 0 aromatic carbocycles. The van der Waals surface area contributed by atoms with E-state index in [1.54, 1.807) is 7.11 Å². The summed E-state index contributed by atoms with van der Waals surface area (Å²) in [5.74, 6) is 0.911. The van der Waals surface area contributed by atoms with Gasteiger partial charge in [-0.05, 0) is 39.0 Å². The second-order valence-electron chi connectivity index (χ2n) is 7.67. The van der Waals surface area contributed by atoms with Gasteiger partial charge in [0.05, 0.1) is 24.9 Å². The first-order valence-electron chi connectivity index (χ1n) is 9.54. The van der Waals surface area contributed by atoms with E-state index in [1.165, 1.54) is 25.7 Å². The predicted molar refractivity (Wildman–Crippen MR) is 112 cm³/mol. The number of hydrogen-bond acceptors (Lipinski definition) is 4. The summed E-state index contributed by atoms with van der Waals surface area (Å²) in [6, 6.07) is 0.540. The molecule has 1 aliphatic carbocycles. The van der Waals surface area contributed by atoms with E-state index in [9.17, 15) is 4.79 Å². The number of amides is 1. The van der Waals surface area contributed by atoms with Crippen molar-refractivity contribution in [2.75, 3.05) is 20.8 Å². The number of aryl methyl sites for hydroxylation is 1. The monoisotopic (exact) mass is 420 g/mol. The number of nitrogens with one attached hydrogen (secondary N) is 1. The van der Waals surface area contributed by atoms with E-state index in [1.807, 2.05) is 23.6 Å². The Morgan fingerprint density at radius 3 is 2.67 bits per heavy atom. The molecule has 1 N–H and O–H groups in total. The molecule has 8 heteroatoms. The summed E-state index contributed by atoms with van der Waals surface area (Å²) in [5, 5.41) is 8.19. The lowest BCUT2D eigenvalue weighted by Crippen LogP contribution is -2.43. The molecule has 6 nitrogen and oxygen atoms in total. The second kappa shape index (κ2) is 10.6. The third kappa shape index (κ3) is 5.37. The van der Waals surface area contributed by atoms with Crippen LogP contribution in [-0.4, -0.2) is 53.4 Å². The molecule has 0 radical (unpaired) electrons. The topological polar surface area (TPSA) is 59.4 Å². The Balaban J connectivity index is 0.00000182. The van der Waals surface area contributed by atoms with E-state index in [0.29, 0.717) is 25.1 Å². The van der Waals surface area contributed by atoms with Crippen molar-refractivity contribution in [3.8, 4) is 0 Å². The van der Waals surface area contributed by atoms with Gasteiger partial charge in [-0.1, -0.05) is 12.8 Å². The van der Waals surface area contributed by atoms with Crippen LogP contribution in [0.4, 0.5) is 0 Å². The summed E-state index contributed by atoms with van der Waals surface area (Å²) in [6.45, 7) is 6.11. The zero-order valence-electron chi connectivity index (χ0n) is 16.9. The van der Waals surface area contributed by atoms with Crippen LogP contribution in [-0.2, 0) is 22.6 Å². The van der Waals surface area contributed by atoms with Crippen LogP contribution in [0, 0.1) is 19.8 Å². The minimum atomic E-state index is -0.0118. The van der Waals surface area contributed by atoms with E-state index >= 15 is 0 Å². The smallest absolute Gasteiger partial charge is 0.239 e. The molecule has 1 aliphatic heterocycles. The van der Waals surface area contributed by atoms with Gasteiger partial charge in [0.15, 0.2) is 0 Å². The number of methoxy groups -OCH3 is 1. The molecule has 1 amide bonds. The Morgan fingerprint density at radius 2 is 2.00 bits per heavy atom. The highest BCUT2D eigenvalue weighted by molar-refractivity contribution is 5.85. The predicted octanol–water partition coefficient (Wildman–Crippen LogP) is 2.87. The Morgan fingerprint density at radius 1 is 1.30 bits per heavy atom. The van der Waals surface area contributed by atoms with Crippen molar-refractivity contribution in [1.82, 2.24) is 20.0 Å². The minimum absolute atomic E-state index is 0. The first-order chi connectivity index (χ1) is 12.0. The largest absolute Gasteiger partial charge is 0.383 e. The molecule has 0 spiro atoms. The van der Waals surface area contributed by atoms with E-state index in [2.05, 4.69) is 17.3 Å². The van der Waals surface area contributed by atoms with Gasteiger partial charge in [0.1, 0.15) is 0 Å². The van der Waals surface area contributed by atoms with Gasteiger partial charge in [0.2, 0.25) is 5.91 Å². The summed E-state index contributed by atoms with van der Waals surface area (Å²) in [4.78, 5) is 14.8. The molecule has 3 rings (SSSR count). The van der Waals surface area contributed by atoms with Gasteiger partial charge < -0.3 is 15.0 Å². The zero-order chi connectivity index (χ0) is 18.0. The average molecular weight is 421 g/mol. The molecule has 1 saturated carbocycles. The average Bonchev–Trinajstić information content (AvgIpc) is 3.15. The number of ether oxygens (including phenoxy) is 1. The van der Waals surface area contributed by atoms with Crippen LogP contribution in [0.2, 0.25) is 0 Å². The number of aromatic nitrogens is 2. The lowest BCUT2D eigenvalue weighted by Gasteiger charge is -2.24. The fraction of sp³-hybridized carbons (Fsp3) is 0.789. The Labute approximate surface area is 175 Å². The number of halogens is 2. The van der Waals surface area contributed by atoms with Crippen LogP contribution in [0.1, 0.15) is 49.1 Å². The number of carbonyl (C=O) groups excluding carboxylic acids is 1. The van der Waals surface area contributed by atoms with Gasteiger partial charge in [-0.2, -0.15) is 5.10 Å². The lowest BCUT2D eigenvalue weighted by molar-refractivity contribution is -0.132. The molecule has 3 atom stereocenters. The quantitative estimate of drug-likeness (QED) is 0.768. The number of hydrogen-bond donors (Lipinski definition) is 1. The minimum Gasteiger partial charge on any atom is -0.383 e. The number of fused-ring (bicyclic) bond motifs is 1. The van der Waals surface area contributed by atoms with Gasteiger partial charge in [-0.25, -0.2) is 0 Å². The number of rotatable bonds is 6. The zero-order valence-corrected chi connectivity index (χ0v) is 18.5. The van der Waals surface area contributed by atoms with E-state index in [4.69, 9.17) is 4.74 Å². The normalized spacial score (nSPS) is 23.9. The maximum Gasteiger partial charge on any atom is 0.239 e. The highest BCUT2D eigenvalue weighted by Gasteiger charge is 2.39. The molecule has 2 fully saturated rings. The fourth-order valence-corrected chi connectivity index (χ4v) is 4.45. The molecule has 2 heterocycles. The lowest BCUT2D eigenvalue weighted by atomic mass is 9.85. The van der Waals surface area contributed by atoms with E-state index in [-0.39, 0.29) is 36.8 Å². The van der Waals surface area contributed by atoms with Crippen molar-refractivity contribution in [2.24, 2.45) is 5.92 Å². The summed E-state index contributed by atoms with van der Waals surface area (Å²) < 4.78 is 7.13. The standard InChI is InChI=1S/C19H32N4O2.2ClH/c1-13-16(14(2)23(21-13)9-10-25-4)12-22(3)19(24)18-11-15-7-5-6-8-17(15)20-18;;/h15,17-18,20H,5-12H2,1-4H3;2*1H. The molecule has 0 bridgehead atoms. The maximum absolute atomic E-state index is 12.9. The van der Waals surface area contributed by atoms with Gasteiger partial charge in [0, 0.05) is 38.0 Å². The Kier molecular flexibility index (Phi) is 9.55. The van der Waals surface area contributed by atoms with Crippen LogP contribution in [0.25, 0.3) is 0 Å². The second-order valence-corrected chi connectivity index (χ2v) is 7.67. The molecule has 27 heavy (non-hydrogen) atoms. The molecular weight excluding hydrogens is 387 g/mol. The maximum atomic E-state index is 12.9. The first kappa shape index (κ1) is 24.2. The summed E-state index contributed by atoms with van der Waals surface area (Å²) in [5.41, 5.74) is 3.28. The molecule has 1 saturated heterocycles. The fourth-order valence-electron chi connectivity index (χ4n) is 4.45. The van der Waals surface area contributed by atoms with Gasteiger partial charge in [-0.15, -0.1) is 24.8 Å². The third-order valence-corrected chi connectivity index (χ3v) is 5.97. The first-order valence-corrected chi connectivity index (χ1v) is 9.54. The highest BCUT2D eigenvalue weighted by atomic mass is 35.5. The van der Waals surface area contributed by atoms with Gasteiger partial charge >= 0.3 is 0 Å². The molecule has 3 unspecified atom stereocenters. The van der Waals surface area contributed by atoms with Crippen molar-refractivity contribution in [2.45, 2.75) is 71.1 Å². The van der Waals surface area contributed by atoms with Crippen molar-refractivity contribution < 1.29 is 9.53 Å². The number of likely N-dealkylation sites (N-methyl/N-ethyl adjacent to an activating group) is 1. The summed E-state index contributed by atoms with van der Waals surface area (Å²) >= 11 is 0. The summed E-state index contributed by atoms with van der Waals surface area (Å²) in [7, 11) is 3.61. The Bertz CT molecular complexity index is 609. The van der Waals surface area contributed by atoms with Crippen LogP contribution < -0.4 is 5.32 Å². The highest BCUT2D eigenvalue weighted by Crippen LogP contribution is 2.33. The third-order valence-electron chi connectivity index (χ3n) is 5.97. The SMILES string of the molecule is COCCn1nc(C)c(CN(C)C(=O)C2CC3CCCCC3N2)c1C.Cl.Cl.